The van der Waals surface area contributed by atoms with E-state index in [-0.39, 0.29) is 11.4 Å². The highest BCUT2D eigenvalue weighted by molar-refractivity contribution is 6.30. The zero-order valence-corrected chi connectivity index (χ0v) is 9.43. The van der Waals surface area contributed by atoms with Gasteiger partial charge < -0.3 is 11.1 Å². The Morgan fingerprint density at radius 2 is 1.53 bits per heavy atom. The molecular formula is C12H9ClF2N2. The molecule has 0 unspecified atom stereocenters. The molecular weight excluding hydrogens is 246 g/mol. The Morgan fingerprint density at radius 1 is 1.00 bits per heavy atom. The molecule has 5 heteroatoms. The second kappa shape index (κ2) is 4.59. The van der Waals surface area contributed by atoms with Gasteiger partial charge in [0.25, 0.3) is 0 Å². The van der Waals surface area contributed by atoms with E-state index >= 15 is 0 Å². The third kappa shape index (κ3) is 2.65. The topological polar surface area (TPSA) is 38.0 Å². The number of rotatable bonds is 2. The van der Waals surface area contributed by atoms with Crippen LogP contribution in [0.1, 0.15) is 0 Å². The van der Waals surface area contributed by atoms with E-state index in [1.807, 2.05) is 0 Å². The first-order chi connectivity index (χ1) is 8.06. The van der Waals surface area contributed by atoms with Crippen LogP contribution in [0, 0.1) is 11.6 Å². The van der Waals surface area contributed by atoms with Crippen LogP contribution in [-0.4, -0.2) is 0 Å². The maximum atomic E-state index is 13.5. The normalized spacial score (nSPS) is 10.3. The fraction of sp³-hybridized carbons (Fsp3) is 0. The van der Waals surface area contributed by atoms with Gasteiger partial charge in [-0.05, 0) is 36.4 Å². The van der Waals surface area contributed by atoms with Crippen LogP contribution >= 0.6 is 11.6 Å². The minimum atomic E-state index is -0.738. The Morgan fingerprint density at radius 3 is 2.06 bits per heavy atom. The molecule has 88 valence electrons. The number of halogens is 3. The van der Waals surface area contributed by atoms with Crippen LogP contribution in [0.3, 0.4) is 0 Å². The summed E-state index contributed by atoms with van der Waals surface area (Å²) < 4.78 is 26.9. The average molecular weight is 255 g/mol. The van der Waals surface area contributed by atoms with Gasteiger partial charge in [-0.25, -0.2) is 8.78 Å². The Kier molecular flexibility index (Phi) is 3.15. The summed E-state index contributed by atoms with van der Waals surface area (Å²) in [4.78, 5) is 0. The van der Waals surface area contributed by atoms with Gasteiger partial charge in [-0.1, -0.05) is 11.6 Å². The van der Waals surface area contributed by atoms with E-state index in [1.54, 1.807) is 24.3 Å². The van der Waals surface area contributed by atoms with Gasteiger partial charge in [0.2, 0.25) is 0 Å². The highest BCUT2D eigenvalue weighted by Gasteiger charge is 2.10. The molecule has 2 aromatic rings. The molecule has 0 saturated carbocycles. The van der Waals surface area contributed by atoms with Crippen molar-refractivity contribution in [2.24, 2.45) is 0 Å². The number of nitrogens with two attached hydrogens (primary N) is 1. The lowest BCUT2D eigenvalue weighted by molar-refractivity contribution is 0.592. The van der Waals surface area contributed by atoms with Crippen molar-refractivity contribution in [3.05, 3.63) is 53.1 Å². The van der Waals surface area contributed by atoms with Crippen molar-refractivity contribution in [1.82, 2.24) is 0 Å². The fourth-order valence-electron chi connectivity index (χ4n) is 1.39. The molecule has 2 nitrogen and oxygen atoms in total. The largest absolute Gasteiger partial charge is 0.399 e. The Balaban J connectivity index is 2.33. The minimum Gasteiger partial charge on any atom is -0.399 e. The lowest BCUT2D eigenvalue weighted by Crippen LogP contribution is -1.99. The average Bonchev–Trinajstić information content (AvgIpc) is 2.26. The molecule has 0 aromatic heterocycles. The molecule has 0 aliphatic heterocycles. The predicted octanol–water partition coefficient (Wildman–Crippen LogP) is 3.94. The summed E-state index contributed by atoms with van der Waals surface area (Å²) in [6, 6.07) is 8.60. The number of nitrogens with one attached hydrogen (secondary N) is 1. The predicted molar refractivity (Wildman–Crippen MR) is 65.5 cm³/mol. The smallest absolute Gasteiger partial charge is 0.151 e. The summed E-state index contributed by atoms with van der Waals surface area (Å²) >= 11 is 5.71. The second-order valence-electron chi connectivity index (χ2n) is 3.49. The molecule has 0 atom stereocenters. The molecule has 0 saturated heterocycles. The maximum Gasteiger partial charge on any atom is 0.151 e. The van der Waals surface area contributed by atoms with Crippen molar-refractivity contribution in [3.8, 4) is 0 Å². The summed E-state index contributed by atoms with van der Waals surface area (Å²) in [5.74, 6) is -1.48. The third-order valence-electron chi connectivity index (χ3n) is 2.18. The monoisotopic (exact) mass is 254 g/mol. The van der Waals surface area contributed by atoms with Gasteiger partial charge in [0.15, 0.2) is 11.6 Å². The third-order valence-corrected chi connectivity index (χ3v) is 2.43. The summed E-state index contributed by atoms with van der Waals surface area (Å²) in [6.45, 7) is 0. The molecule has 0 amide bonds. The van der Waals surface area contributed by atoms with Gasteiger partial charge in [0.1, 0.15) is 5.69 Å². The number of nitrogen functional groups attached to an aromatic ring is 1. The summed E-state index contributed by atoms with van der Waals surface area (Å²) in [5.41, 5.74) is 5.66. The SMILES string of the molecule is Nc1cc(F)c(Nc2ccc(Cl)cc2)c(F)c1. The lowest BCUT2D eigenvalue weighted by Gasteiger charge is -2.09. The molecule has 2 aromatic carbocycles. The second-order valence-corrected chi connectivity index (χ2v) is 3.93. The van der Waals surface area contributed by atoms with Gasteiger partial charge >= 0.3 is 0 Å². The molecule has 2 rings (SSSR count). The lowest BCUT2D eigenvalue weighted by atomic mass is 10.2. The van der Waals surface area contributed by atoms with E-state index in [1.165, 1.54) is 0 Å². The van der Waals surface area contributed by atoms with Crippen molar-refractivity contribution in [3.63, 3.8) is 0 Å². The van der Waals surface area contributed by atoms with Gasteiger partial charge in [0, 0.05) is 16.4 Å². The van der Waals surface area contributed by atoms with Crippen molar-refractivity contribution >= 4 is 28.7 Å². The van der Waals surface area contributed by atoms with Crippen LogP contribution in [0.25, 0.3) is 0 Å². The first kappa shape index (κ1) is 11.7. The number of hydrogen-bond donors (Lipinski definition) is 2. The summed E-state index contributed by atoms with van der Waals surface area (Å²) in [7, 11) is 0. The van der Waals surface area contributed by atoms with Crippen molar-refractivity contribution in [1.29, 1.82) is 0 Å². The quantitative estimate of drug-likeness (QED) is 0.797. The molecule has 0 aliphatic carbocycles. The van der Waals surface area contributed by atoms with Gasteiger partial charge in [-0.15, -0.1) is 0 Å². The standard InChI is InChI=1S/C12H9ClF2N2/c13-7-1-3-9(4-2-7)17-12-10(14)5-8(16)6-11(12)15/h1-6,17H,16H2. The van der Waals surface area contributed by atoms with Gasteiger partial charge in [0.05, 0.1) is 0 Å². The first-order valence-corrected chi connectivity index (χ1v) is 5.21. The highest BCUT2D eigenvalue weighted by atomic mass is 35.5. The number of benzene rings is 2. The Hall–Kier alpha value is -1.81. The van der Waals surface area contributed by atoms with Crippen molar-refractivity contribution in [2.45, 2.75) is 0 Å². The van der Waals surface area contributed by atoms with E-state index < -0.39 is 11.6 Å². The zero-order valence-electron chi connectivity index (χ0n) is 8.68. The number of anilines is 3. The molecule has 0 spiro atoms. The minimum absolute atomic E-state index is 0.0432. The van der Waals surface area contributed by atoms with Crippen LogP contribution in [0.2, 0.25) is 5.02 Å². The van der Waals surface area contributed by atoms with E-state index in [0.717, 1.165) is 12.1 Å². The van der Waals surface area contributed by atoms with E-state index in [9.17, 15) is 8.78 Å². The van der Waals surface area contributed by atoms with E-state index in [0.29, 0.717) is 10.7 Å². The molecule has 0 bridgehead atoms. The van der Waals surface area contributed by atoms with Crippen LogP contribution in [0.15, 0.2) is 36.4 Å². The number of hydrogen-bond acceptors (Lipinski definition) is 2. The van der Waals surface area contributed by atoms with Gasteiger partial charge in [-0.3, -0.25) is 0 Å². The molecule has 0 radical (unpaired) electrons. The molecule has 3 N–H and O–H groups in total. The first-order valence-electron chi connectivity index (χ1n) is 4.83. The fourth-order valence-corrected chi connectivity index (χ4v) is 1.52. The maximum absolute atomic E-state index is 13.5. The van der Waals surface area contributed by atoms with Crippen LogP contribution in [-0.2, 0) is 0 Å². The Bertz CT molecular complexity index is 518. The molecule has 0 aliphatic rings. The van der Waals surface area contributed by atoms with Crippen molar-refractivity contribution in [2.75, 3.05) is 11.1 Å². The highest BCUT2D eigenvalue weighted by Crippen LogP contribution is 2.26. The molecule has 0 fully saturated rings. The summed E-state index contributed by atoms with van der Waals surface area (Å²) in [5, 5.41) is 3.18. The summed E-state index contributed by atoms with van der Waals surface area (Å²) in [6.07, 6.45) is 0. The molecule has 0 heterocycles. The van der Waals surface area contributed by atoms with Crippen molar-refractivity contribution < 1.29 is 8.78 Å². The zero-order chi connectivity index (χ0) is 12.4. The van der Waals surface area contributed by atoms with E-state index in [2.05, 4.69) is 5.32 Å². The van der Waals surface area contributed by atoms with E-state index in [4.69, 9.17) is 17.3 Å². The van der Waals surface area contributed by atoms with Crippen LogP contribution in [0.5, 0.6) is 0 Å². The van der Waals surface area contributed by atoms with Crippen LogP contribution < -0.4 is 11.1 Å². The molecule has 17 heavy (non-hydrogen) atoms. The van der Waals surface area contributed by atoms with Gasteiger partial charge in [-0.2, -0.15) is 0 Å². The Labute approximate surface area is 102 Å². The van der Waals surface area contributed by atoms with Crippen LogP contribution in [0.4, 0.5) is 25.8 Å².